The lowest BCUT2D eigenvalue weighted by molar-refractivity contribution is -0.274. The van der Waals surface area contributed by atoms with Crippen molar-refractivity contribution in [2.24, 2.45) is 0 Å². The van der Waals surface area contributed by atoms with Gasteiger partial charge in [0.2, 0.25) is 5.95 Å². The molecular formula is C19H19F3N4O2S. The first-order valence-corrected chi connectivity index (χ1v) is 9.59. The second kappa shape index (κ2) is 9.10. The van der Waals surface area contributed by atoms with E-state index in [-0.39, 0.29) is 24.3 Å². The third kappa shape index (κ3) is 6.33. The third-order valence-electron chi connectivity index (χ3n) is 3.76. The van der Waals surface area contributed by atoms with Gasteiger partial charge in [0, 0.05) is 22.5 Å². The first kappa shape index (κ1) is 20.9. The molecule has 3 rings (SSSR count). The van der Waals surface area contributed by atoms with Crippen LogP contribution in [0.5, 0.6) is 5.75 Å². The molecule has 0 amide bonds. The minimum Gasteiger partial charge on any atom is -0.406 e. The lowest BCUT2D eigenvalue weighted by Gasteiger charge is -2.15. The number of hydrogen-bond acceptors (Lipinski definition) is 7. The highest BCUT2D eigenvalue weighted by atomic mass is 32.1. The lowest BCUT2D eigenvalue weighted by atomic mass is 10.1. The molecule has 0 spiro atoms. The molecule has 0 saturated heterocycles. The fraction of sp³-hybridized carbons (Fsp3) is 0.263. The van der Waals surface area contributed by atoms with Gasteiger partial charge in [-0.05, 0) is 30.5 Å². The summed E-state index contributed by atoms with van der Waals surface area (Å²) < 4.78 is 41.6. The van der Waals surface area contributed by atoms with Crippen LogP contribution in [0, 0.1) is 0 Å². The molecule has 2 heterocycles. The van der Waals surface area contributed by atoms with Crippen LogP contribution in [0.15, 0.2) is 47.8 Å². The van der Waals surface area contributed by atoms with E-state index in [0.29, 0.717) is 23.6 Å². The van der Waals surface area contributed by atoms with E-state index >= 15 is 0 Å². The van der Waals surface area contributed by atoms with Crippen LogP contribution in [0.2, 0.25) is 0 Å². The zero-order chi connectivity index (χ0) is 20.9. The Hall–Kier alpha value is -2.85. The lowest BCUT2D eigenvalue weighted by Crippen LogP contribution is -2.21. The highest BCUT2D eigenvalue weighted by molar-refractivity contribution is 7.09. The Morgan fingerprint density at radius 3 is 2.69 bits per heavy atom. The van der Waals surface area contributed by atoms with Crippen molar-refractivity contribution in [1.82, 2.24) is 9.97 Å². The smallest absolute Gasteiger partial charge is 0.406 e. The number of benzene rings is 1. The summed E-state index contributed by atoms with van der Waals surface area (Å²) in [6.45, 7) is 2.17. The molecule has 10 heteroatoms. The highest BCUT2D eigenvalue weighted by Gasteiger charge is 2.31. The largest absolute Gasteiger partial charge is 0.573 e. The summed E-state index contributed by atoms with van der Waals surface area (Å²) >= 11 is 1.59. The zero-order valence-electron chi connectivity index (χ0n) is 15.4. The number of aliphatic hydroxyl groups is 1. The molecule has 1 atom stereocenters. The highest BCUT2D eigenvalue weighted by Crippen LogP contribution is 2.29. The predicted molar refractivity (Wildman–Crippen MR) is 106 cm³/mol. The molecule has 2 aromatic heterocycles. The summed E-state index contributed by atoms with van der Waals surface area (Å²) in [5, 5.41) is 17.4. The van der Waals surface area contributed by atoms with E-state index in [2.05, 4.69) is 25.3 Å². The van der Waals surface area contributed by atoms with Gasteiger partial charge in [-0.1, -0.05) is 18.2 Å². The van der Waals surface area contributed by atoms with Crippen LogP contribution in [0.25, 0.3) is 11.3 Å². The van der Waals surface area contributed by atoms with E-state index in [9.17, 15) is 18.3 Å². The Labute approximate surface area is 169 Å². The van der Waals surface area contributed by atoms with Gasteiger partial charge in [0.1, 0.15) is 11.6 Å². The number of halogens is 3. The van der Waals surface area contributed by atoms with E-state index in [4.69, 9.17) is 0 Å². The molecule has 0 aliphatic heterocycles. The van der Waals surface area contributed by atoms with Gasteiger partial charge in [0.15, 0.2) is 0 Å². The Kier molecular flexibility index (Phi) is 6.55. The third-order valence-corrected chi connectivity index (χ3v) is 4.64. The van der Waals surface area contributed by atoms with E-state index in [1.54, 1.807) is 30.4 Å². The maximum absolute atomic E-state index is 12.5. The maximum Gasteiger partial charge on any atom is 0.573 e. The molecule has 0 radical (unpaired) electrons. The minimum atomic E-state index is -4.78. The quantitative estimate of drug-likeness (QED) is 0.494. The van der Waals surface area contributed by atoms with Crippen LogP contribution >= 0.6 is 11.3 Å². The van der Waals surface area contributed by atoms with Gasteiger partial charge in [0.25, 0.3) is 0 Å². The number of hydrogen-bond donors (Lipinski definition) is 3. The molecule has 3 N–H and O–H groups in total. The van der Waals surface area contributed by atoms with Crippen molar-refractivity contribution in [2.75, 3.05) is 17.2 Å². The van der Waals surface area contributed by atoms with Crippen molar-refractivity contribution in [2.45, 2.75) is 25.9 Å². The Bertz CT molecular complexity index is 935. The summed E-state index contributed by atoms with van der Waals surface area (Å²) in [5.74, 6) is 0.415. The molecule has 154 valence electrons. The van der Waals surface area contributed by atoms with Crippen molar-refractivity contribution in [3.05, 3.63) is 52.7 Å². The van der Waals surface area contributed by atoms with E-state index in [1.807, 2.05) is 17.5 Å². The average Bonchev–Trinajstić information content (AvgIpc) is 3.18. The van der Waals surface area contributed by atoms with Gasteiger partial charge in [-0.3, -0.25) is 0 Å². The monoisotopic (exact) mass is 424 g/mol. The summed E-state index contributed by atoms with van der Waals surface area (Å²) in [6, 6.07) is 10.8. The van der Waals surface area contributed by atoms with Gasteiger partial charge in [-0.25, -0.2) is 4.98 Å². The molecular weight excluding hydrogens is 405 g/mol. The number of rotatable bonds is 8. The van der Waals surface area contributed by atoms with Gasteiger partial charge >= 0.3 is 6.36 Å². The predicted octanol–water partition coefficient (Wildman–Crippen LogP) is 4.51. The molecule has 1 aromatic carbocycles. The fourth-order valence-corrected chi connectivity index (χ4v) is 3.10. The summed E-state index contributed by atoms with van der Waals surface area (Å²) in [5.41, 5.74) is 0.849. The van der Waals surface area contributed by atoms with Gasteiger partial charge in [0.05, 0.1) is 18.8 Å². The second-order valence-corrected chi connectivity index (χ2v) is 7.23. The van der Waals surface area contributed by atoms with E-state index < -0.39 is 6.36 Å². The van der Waals surface area contributed by atoms with Crippen LogP contribution in [-0.4, -0.2) is 34.1 Å². The van der Waals surface area contributed by atoms with Crippen molar-refractivity contribution in [1.29, 1.82) is 0 Å². The maximum atomic E-state index is 12.5. The van der Waals surface area contributed by atoms with Gasteiger partial charge < -0.3 is 20.5 Å². The number of nitrogens with zero attached hydrogens (tertiary/aromatic N) is 2. The first-order chi connectivity index (χ1) is 13.8. The van der Waals surface area contributed by atoms with Gasteiger partial charge in [-0.2, -0.15) is 4.98 Å². The van der Waals surface area contributed by atoms with E-state index in [1.165, 1.54) is 18.2 Å². The first-order valence-electron chi connectivity index (χ1n) is 8.71. The minimum absolute atomic E-state index is 0.125. The molecule has 3 aromatic rings. The number of anilines is 2. The number of ether oxygens (including phenoxy) is 1. The van der Waals surface area contributed by atoms with Crippen molar-refractivity contribution < 1.29 is 23.0 Å². The van der Waals surface area contributed by atoms with Crippen LogP contribution in [0.4, 0.5) is 24.9 Å². The van der Waals surface area contributed by atoms with Crippen molar-refractivity contribution in [3.63, 3.8) is 0 Å². The average molecular weight is 424 g/mol. The fourth-order valence-electron chi connectivity index (χ4n) is 2.46. The van der Waals surface area contributed by atoms with Crippen molar-refractivity contribution in [3.8, 4) is 17.0 Å². The second-order valence-electron chi connectivity index (χ2n) is 6.20. The van der Waals surface area contributed by atoms with Crippen molar-refractivity contribution >= 4 is 23.1 Å². The molecule has 0 saturated carbocycles. The number of thiophene rings is 1. The SMILES string of the molecule is C[C@@H](CO)Nc1nc(NCc2cccs2)cc(-c2cccc(OC(F)(F)F)c2)n1. The Morgan fingerprint density at radius 2 is 2.00 bits per heavy atom. The number of aromatic nitrogens is 2. The zero-order valence-corrected chi connectivity index (χ0v) is 16.2. The number of alkyl halides is 3. The van der Waals surface area contributed by atoms with Crippen LogP contribution in [-0.2, 0) is 6.54 Å². The van der Waals surface area contributed by atoms with Crippen LogP contribution in [0.3, 0.4) is 0 Å². The summed E-state index contributed by atoms with van der Waals surface area (Å²) in [4.78, 5) is 9.84. The Balaban J connectivity index is 1.90. The number of aliphatic hydroxyl groups excluding tert-OH is 1. The summed E-state index contributed by atoms with van der Waals surface area (Å²) in [7, 11) is 0. The normalized spacial score (nSPS) is 12.4. The molecule has 0 aliphatic carbocycles. The standard InChI is InChI=1S/C19H19F3N4O2S/c1-12(11-27)24-18-25-16(9-17(26-18)23-10-15-6-3-7-29-15)13-4-2-5-14(8-13)28-19(20,21)22/h2-9,12,27H,10-11H2,1H3,(H2,23,24,25,26)/t12-/m0/s1. The topological polar surface area (TPSA) is 79.3 Å². The van der Waals surface area contributed by atoms with E-state index in [0.717, 1.165) is 4.88 Å². The molecule has 0 fully saturated rings. The van der Waals surface area contributed by atoms with Crippen LogP contribution in [0.1, 0.15) is 11.8 Å². The molecule has 6 nitrogen and oxygen atoms in total. The molecule has 0 aliphatic rings. The molecule has 0 unspecified atom stereocenters. The molecule has 0 bridgehead atoms. The van der Waals surface area contributed by atoms with Crippen LogP contribution < -0.4 is 15.4 Å². The Morgan fingerprint density at radius 1 is 1.17 bits per heavy atom. The summed E-state index contributed by atoms with van der Waals surface area (Å²) in [6.07, 6.45) is -4.78. The van der Waals surface area contributed by atoms with Gasteiger partial charge in [-0.15, -0.1) is 24.5 Å². The number of nitrogens with one attached hydrogen (secondary N) is 2. The molecule has 29 heavy (non-hydrogen) atoms.